The number of carbonyl (C=O) groups excluding carboxylic acids is 1. The normalized spacial score (nSPS) is 13.5. The van der Waals surface area contributed by atoms with Gasteiger partial charge in [-0.15, -0.1) is 0 Å². The number of hydrogen-bond donors (Lipinski definition) is 1. The molecule has 1 aliphatic rings. The molecule has 3 heterocycles. The van der Waals surface area contributed by atoms with Crippen molar-refractivity contribution in [3.8, 4) is 5.69 Å². The third-order valence-electron chi connectivity index (χ3n) is 6.72. The Morgan fingerprint density at radius 3 is 2.63 bits per heavy atom. The molecule has 2 aromatic heterocycles. The number of rotatable bonds is 9. The van der Waals surface area contributed by atoms with E-state index >= 15 is 0 Å². The van der Waals surface area contributed by atoms with Crippen LogP contribution in [-0.2, 0) is 13.0 Å². The fourth-order valence-electron chi connectivity index (χ4n) is 4.65. The molecule has 4 aromatic rings. The quantitative estimate of drug-likeness (QED) is 0.366. The van der Waals surface area contributed by atoms with Crippen LogP contribution in [0.15, 0.2) is 73.2 Å². The molecule has 38 heavy (non-hydrogen) atoms. The second-order valence-electron chi connectivity index (χ2n) is 9.63. The van der Waals surface area contributed by atoms with Gasteiger partial charge in [-0.2, -0.15) is 10.1 Å². The lowest BCUT2D eigenvalue weighted by molar-refractivity contribution is 0.0989. The second-order valence-corrected chi connectivity index (χ2v) is 9.63. The molecule has 5 rings (SSSR count). The minimum Gasteiger partial charge on any atom is -0.357 e. The highest BCUT2D eigenvalue weighted by Crippen LogP contribution is 2.27. The molecule has 1 amide bonds. The molecule has 0 bridgehead atoms. The number of nitrogens with zero attached hydrogens (tertiary/aromatic N) is 7. The predicted octanol–water partition coefficient (Wildman–Crippen LogP) is 3.87. The lowest BCUT2D eigenvalue weighted by atomic mass is 10.1. The van der Waals surface area contributed by atoms with Gasteiger partial charge in [-0.05, 0) is 44.2 Å². The Hall–Kier alpha value is -4.24. The zero-order valence-corrected chi connectivity index (χ0v) is 22.2. The van der Waals surface area contributed by atoms with Crippen molar-refractivity contribution < 1.29 is 4.79 Å². The summed E-state index contributed by atoms with van der Waals surface area (Å²) in [4.78, 5) is 28.6. The first-order valence-electron chi connectivity index (χ1n) is 13.0. The maximum Gasteiger partial charge on any atom is 0.263 e. The van der Waals surface area contributed by atoms with E-state index in [9.17, 15) is 4.79 Å². The summed E-state index contributed by atoms with van der Waals surface area (Å²) in [6.45, 7) is 5.70. The molecule has 0 spiro atoms. The molecule has 0 saturated heterocycles. The number of aromatic nitrogens is 4. The Bertz CT molecular complexity index is 1390. The van der Waals surface area contributed by atoms with Crippen LogP contribution in [0.25, 0.3) is 5.69 Å². The van der Waals surface area contributed by atoms with Gasteiger partial charge >= 0.3 is 0 Å². The fraction of sp³-hybridized carbons (Fsp3) is 0.310. The van der Waals surface area contributed by atoms with Crippen LogP contribution >= 0.6 is 0 Å². The summed E-state index contributed by atoms with van der Waals surface area (Å²) in [5, 5.41) is 7.73. The number of anilines is 3. The van der Waals surface area contributed by atoms with Crippen LogP contribution in [0.1, 0.15) is 28.4 Å². The third-order valence-corrected chi connectivity index (χ3v) is 6.72. The van der Waals surface area contributed by atoms with Gasteiger partial charge in [-0.1, -0.05) is 36.4 Å². The van der Waals surface area contributed by atoms with Gasteiger partial charge in [-0.25, -0.2) is 9.67 Å². The number of amides is 1. The van der Waals surface area contributed by atoms with Crippen molar-refractivity contribution in [2.24, 2.45) is 0 Å². The molecule has 9 heteroatoms. The highest BCUT2D eigenvalue weighted by Gasteiger charge is 2.28. The molecular weight excluding hydrogens is 476 g/mol. The molecule has 0 radical (unpaired) electrons. The van der Waals surface area contributed by atoms with Crippen LogP contribution in [-0.4, -0.2) is 70.8 Å². The monoisotopic (exact) mass is 510 g/mol. The summed E-state index contributed by atoms with van der Waals surface area (Å²) >= 11 is 0. The number of nitrogens with one attached hydrogen (secondary N) is 1. The predicted molar refractivity (Wildman–Crippen MR) is 151 cm³/mol. The molecule has 0 saturated carbocycles. The number of likely N-dealkylation sites (N-methyl/N-ethyl adjacent to an activating group) is 2. The smallest absolute Gasteiger partial charge is 0.263 e. The minimum absolute atomic E-state index is 0.106. The highest BCUT2D eigenvalue weighted by atomic mass is 16.2. The van der Waals surface area contributed by atoms with Crippen molar-refractivity contribution in [3.63, 3.8) is 0 Å². The Kier molecular flexibility index (Phi) is 7.65. The van der Waals surface area contributed by atoms with Crippen LogP contribution in [0.2, 0.25) is 0 Å². The molecule has 2 aromatic carbocycles. The standard InChI is InChI=1S/C29H34N8O/c1-4-30-29-31-19-26-27(33-29)35(3)15-16-36(28(26)38)24-11-8-12-25(17-24)37-21-23(18-32-37)20-34(2)14-13-22-9-6-5-7-10-22/h5-12,17-19,21H,4,13-16,20H2,1-3H3,(H,30,31,33). The summed E-state index contributed by atoms with van der Waals surface area (Å²) in [7, 11) is 4.09. The largest absolute Gasteiger partial charge is 0.357 e. The first-order chi connectivity index (χ1) is 18.5. The van der Waals surface area contributed by atoms with Crippen molar-refractivity contribution in [2.75, 3.05) is 55.4 Å². The van der Waals surface area contributed by atoms with Gasteiger partial charge < -0.3 is 20.0 Å². The highest BCUT2D eigenvalue weighted by molar-refractivity contribution is 6.09. The summed E-state index contributed by atoms with van der Waals surface area (Å²) in [5.74, 6) is 1.07. The van der Waals surface area contributed by atoms with E-state index in [-0.39, 0.29) is 5.91 Å². The van der Waals surface area contributed by atoms with E-state index in [0.717, 1.165) is 36.4 Å². The van der Waals surface area contributed by atoms with Crippen molar-refractivity contribution in [3.05, 3.63) is 89.9 Å². The number of fused-ring (bicyclic) bond motifs is 1. The molecule has 196 valence electrons. The van der Waals surface area contributed by atoms with Gasteiger partial charge in [0.25, 0.3) is 5.91 Å². The van der Waals surface area contributed by atoms with Gasteiger partial charge in [0.1, 0.15) is 11.4 Å². The molecule has 0 unspecified atom stereocenters. The van der Waals surface area contributed by atoms with Crippen molar-refractivity contribution >= 4 is 23.4 Å². The average Bonchev–Trinajstić information content (AvgIpc) is 3.36. The van der Waals surface area contributed by atoms with Gasteiger partial charge in [0.15, 0.2) is 0 Å². The van der Waals surface area contributed by atoms with Crippen LogP contribution in [0.3, 0.4) is 0 Å². The minimum atomic E-state index is -0.106. The van der Waals surface area contributed by atoms with Gasteiger partial charge in [0.2, 0.25) is 5.95 Å². The van der Waals surface area contributed by atoms with Gasteiger partial charge in [0.05, 0.1) is 11.9 Å². The van der Waals surface area contributed by atoms with Crippen LogP contribution < -0.4 is 15.1 Å². The van der Waals surface area contributed by atoms with E-state index in [1.165, 1.54) is 5.56 Å². The van der Waals surface area contributed by atoms with Gasteiger partial charge in [0, 0.05) is 63.4 Å². The average molecular weight is 511 g/mol. The van der Waals surface area contributed by atoms with Crippen molar-refractivity contribution in [1.82, 2.24) is 24.6 Å². The Morgan fingerprint density at radius 1 is 1.00 bits per heavy atom. The van der Waals surface area contributed by atoms with Crippen molar-refractivity contribution in [1.29, 1.82) is 0 Å². The molecule has 1 aliphatic heterocycles. The van der Waals surface area contributed by atoms with E-state index in [4.69, 9.17) is 0 Å². The summed E-state index contributed by atoms with van der Waals surface area (Å²) < 4.78 is 1.87. The lowest BCUT2D eigenvalue weighted by Crippen LogP contribution is -2.33. The van der Waals surface area contributed by atoms with E-state index in [2.05, 4.69) is 62.8 Å². The first-order valence-corrected chi connectivity index (χ1v) is 13.0. The number of hydrogen-bond acceptors (Lipinski definition) is 7. The van der Waals surface area contributed by atoms with Gasteiger partial charge in [-0.3, -0.25) is 4.79 Å². The Labute approximate surface area is 223 Å². The zero-order chi connectivity index (χ0) is 26.5. The molecule has 0 aliphatic carbocycles. The molecular formula is C29H34N8O. The lowest BCUT2D eigenvalue weighted by Gasteiger charge is -2.21. The van der Waals surface area contributed by atoms with Crippen LogP contribution in [0.5, 0.6) is 0 Å². The number of benzene rings is 2. The summed E-state index contributed by atoms with van der Waals surface area (Å²) in [5.41, 5.74) is 4.71. The molecule has 0 fully saturated rings. The fourth-order valence-corrected chi connectivity index (χ4v) is 4.65. The number of carbonyl (C=O) groups is 1. The van der Waals surface area contributed by atoms with E-state index in [1.807, 2.05) is 60.1 Å². The maximum absolute atomic E-state index is 13.6. The van der Waals surface area contributed by atoms with E-state index in [1.54, 1.807) is 11.1 Å². The summed E-state index contributed by atoms with van der Waals surface area (Å²) in [6.07, 6.45) is 6.60. The molecule has 0 atom stereocenters. The molecule has 9 nitrogen and oxygen atoms in total. The first kappa shape index (κ1) is 25.4. The zero-order valence-electron chi connectivity index (χ0n) is 22.2. The van der Waals surface area contributed by atoms with E-state index < -0.39 is 0 Å². The van der Waals surface area contributed by atoms with Crippen LogP contribution in [0.4, 0.5) is 17.5 Å². The van der Waals surface area contributed by atoms with E-state index in [0.29, 0.717) is 37.0 Å². The second kappa shape index (κ2) is 11.4. The molecule has 1 N–H and O–H groups in total. The SMILES string of the molecule is CCNc1ncc2c(n1)N(C)CCN(c1cccc(-n3cc(CN(C)CCc4ccccc4)cn3)c1)C2=O. The van der Waals surface area contributed by atoms with Crippen LogP contribution in [0, 0.1) is 0 Å². The van der Waals surface area contributed by atoms with Crippen molar-refractivity contribution in [2.45, 2.75) is 19.9 Å². The Balaban J connectivity index is 1.30. The Morgan fingerprint density at radius 2 is 1.82 bits per heavy atom. The third kappa shape index (κ3) is 5.68. The summed E-state index contributed by atoms with van der Waals surface area (Å²) in [6, 6.07) is 18.5. The maximum atomic E-state index is 13.6. The topological polar surface area (TPSA) is 82.4 Å².